The van der Waals surface area contributed by atoms with E-state index in [1.54, 1.807) is 23.7 Å². The molecule has 2 heterocycles. The molecule has 2 N–H and O–H groups in total. The standard InChI is InChI=1S/C16H25F3N8O.HI/c1-5-20-14(26(3)10-12-23-11-24-27(12)4)22-7-6-15(28,16(17,18)19)13-21-8-9-25(13)2;/h8-9,11,28H,5-7,10H2,1-4H3,(H,20,22);1H. The van der Waals surface area contributed by atoms with E-state index in [9.17, 15) is 18.3 Å². The molecular formula is C16H26F3IN8O. The molecule has 0 saturated carbocycles. The number of rotatable bonds is 7. The van der Waals surface area contributed by atoms with Crippen LogP contribution in [0.15, 0.2) is 23.7 Å². The lowest BCUT2D eigenvalue weighted by atomic mass is 9.98. The van der Waals surface area contributed by atoms with E-state index < -0.39 is 24.0 Å². The molecule has 1 unspecified atom stereocenters. The fourth-order valence-electron chi connectivity index (χ4n) is 2.69. The summed E-state index contributed by atoms with van der Waals surface area (Å²) in [7, 11) is 4.89. The summed E-state index contributed by atoms with van der Waals surface area (Å²) in [5.41, 5.74) is -3.09. The van der Waals surface area contributed by atoms with Crippen LogP contribution < -0.4 is 5.32 Å². The normalized spacial score (nSPS) is 14.3. The Morgan fingerprint density at radius 3 is 2.48 bits per heavy atom. The third kappa shape index (κ3) is 5.81. The van der Waals surface area contributed by atoms with Crippen molar-refractivity contribution < 1.29 is 18.3 Å². The number of nitrogens with zero attached hydrogens (tertiary/aromatic N) is 7. The fraction of sp³-hybridized carbons (Fsp3) is 0.625. The van der Waals surface area contributed by atoms with Crippen molar-refractivity contribution in [2.24, 2.45) is 19.1 Å². The highest BCUT2D eigenvalue weighted by Crippen LogP contribution is 2.40. The van der Waals surface area contributed by atoms with E-state index in [0.29, 0.717) is 24.9 Å². The lowest BCUT2D eigenvalue weighted by molar-refractivity contribution is -0.272. The highest BCUT2D eigenvalue weighted by molar-refractivity contribution is 14.0. The third-order valence-corrected chi connectivity index (χ3v) is 4.28. The average molecular weight is 530 g/mol. The molecule has 0 spiro atoms. The first-order valence-corrected chi connectivity index (χ1v) is 8.69. The van der Waals surface area contributed by atoms with Crippen LogP contribution in [0.3, 0.4) is 0 Å². The van der Waals surface area contributed by atoms with Gasteiger partial charge in [0.05, 0.1) is 6.54 Å². The molecule has 0 aliphatic heterocycles. The molecule has 0 amide bonds. The summed E-state index contributed by atoms with van der Waals surface area (Å²) in [5, 5.41) is 17.4. The van der Waals surface area contributed by atoms with Crippen LogP contribution >= 0.6 is 24.0 Å². The smallest absolute Gasteiger partial charge is 0.374 e. The second-order valence-corrected chi connectivity index (χ2v) is 6.36. The van der Waals surface area contributed by atoms with Gasteiger partial charge in [0.15, 0.2) is 5.96 Å². The van der Waals surface area contributed by atoms with Crippen molar-refractivity contribution >= 4 is 29.9 Å². The van der Waals surface area contributed by atoms with Gasteiger partial charge in [-0.25, -0.2) is 9.97 Å². The van der Waals surface area contributed by atoms with E-state index in [-0.39, 0.29) is 30.5 Å². The molecular weight excluding hydrogens is 504 g/mol. The van der Waals surface area contributed by atoms with Gasteiger partial charge < -0.3 is 19.9 Å². The zero-order valence-corrected chi connectivity index (χ0v) is 19.0. The van der Waals surface area contributed by atoms with E-state index in [1.165, 1.54) is 25.8 Å². The van der Waals surface area contributed by atoms with E-state index in [1.807, 2.05) is 6.92 Å². The highest BCUT2D eigenvalue weighted by Gasteiger charge is 2.57. The highest BCUT2D eigenvalue weighted by atomic mass is 127. The van der Waals surface area contributed by atoms with Crippen molar-refractivity contribution in [3.8, 4) is 0 Å². The average Bonchev–Trinajstić information content (AvgIpc) is 3.21. The van der Waals surface area contributed by atoms with Crippen molar-refractivity contribution in [1.82, 2.24) is 34.5 Å². The molecule has 164 valence electrons. The van der Waals surface area contributed by atoms with Gasteiger partial charge in [-0.3, -0.25) is 9.67 Å². The Bertz CT molecular complexity index is 806. The van der Waals surface area contributed by atoms with E-state index in [4.69, 9.17) is 0 Å². The number of imidazole rings is 1. The first kappa shape index (κ1) is 25.1. The van der Waals surface area contributed by atoms with Crippen molar-refractivity contribution in [2.45, 2.75) is 31.7 Å². The van der Waals surface area contributed by atoms with Crippen LogP contribution in [0.1, 0.15) is 25.0 Å². The monoisotopic (exact) mass is 530 g/mol. The Labute approximate surface area is 184 Å². The van der Waals surface area contributed by atoms with Gasteiger partial charge in [0, 0.05) is 53.0 Å². The molecule has 0 aliphatic rings. The van der Waals surface area contributed by atoms with Gasteiger partial charge in [0.25, 0.3) is 0 Å². The quantitative estimate of drug-likeness (QED) is 0.320. The minimum Gasteiger partial charge on any atom is -0.374 e. The minimum absolute atomic E-state index is 0. The summed E-state index contributed by atoms with van der Waals surface area (Å²) in [6.07, 6.45) is -1.55. The molecule has 0 aromatic carbocycles. The van der Waals surface area contributed by atoms with Crippen LogP contribution in [0.5, 0.6) is 0 Å². The molecule has 29 heavy (non-hydrogen) atoms. The van der Waals surface area contributed by atoms with Crippen molar-refractivity contribution in [2.75, 3.05) is 20.1 Å². The largest absolute Gasteiger partial charge is 0.424 e. The van der Waals surface area contributed by atoms with Crippen LogP contribution in [0.2, 0.25) is 0 Å². The molecule has 13 heteroatoms. The summed E-state index contributed by atoms with van der Waals surface area (Å²) in [6.45, 7) is 2.50. The maximum atomic E-state index is 13.6. The number of aliphatic imine (C=N–C) groups is 1. The van der Waals surface area contributed by atoms with Gasteiger partial charge in [-0.05, 0) is 6.92 Å². The number of halogens is 4. The first-order chi connectivity index (χ1) is 13.1. The molecule has 9 nitrogen and oxygen atoms in total. The summed E-state index contributed by atoms with van der Waals surface area (Å²) >= 11 is 0. The van der Waals surface area contributed by atoms with Crippen LogP contribution in [-0.4, -0.2) is 66.6 Å². The molecule has 1 atom stereocenters. The number of hydrogen-bond donors (Lipinski definition) is 2. The number of aryl methyl sites for hydroxylation is 2. The zero-order valence-electron chi connectivity index (χ0n) is 16.7. The molecule has 2 rings (SSSR count). The van der Waals surface area contributed by atoms with E-state index in [0.717, 1.165) is 4.57 Å². The third-order valence-electron chi connectivity index (χ3n) is 4.28. The van der Waals surface area contributed by atoms with Crippen molar-refractivity contribution in [3.63, 3.8) is 0 Å². The maximum absolute atomic E-state index is 13.6. The van der Waals surface area contributed by atoms with Crippen molar-refractivity contribution in [1.29, 1.82) is 0 Å². The summed E-state index contributed by atoms with van der Waals surface area (Å²) < 4.78 is 43.5. The van der Waals surface area contributed by atoms with E-state index in [2.05, 4.69) is 25.4 Å². The number of alkyl halides is 3. The molecule has 0 radical (unpaired) electrons. The minimum atomic E-state index is -4.88. The molecule has 2 aromatic heterocycles. The van der Waals surface area contributed by atoms with Crippen LogP contribution in [-0.2, 0) is 26.2 Å². The van der Waals surface area contributed by atoms with Crippen LogP contribution in [0, 0.1) is 0 Å². The number of nitrogens with one attached hydrogen (secondary N) is 1. The maximum Gasteiger partial charge on any atom is 0.424 e. The number of aliphatic hydroxyl groups is 1. The predicted octanol–water partition coefficient (Wildman–Crippen LogP) is 1.40. The lowest BCUT2D eigenvalue weighted by Gasteiger charge is -2.29. The van der Waals surface area contributed by atoms with Crippen molar-refractivity contribution in [3.05, 3.63) is 30.4 Å². The van der Waals surface area contributed by atoms with Gasteiger partial charge in [0.1, 0.15) is 18.0 Å². The Morgan fingerprint density at radius 1 is 1.31 bits per heavy atom. The fourth-order valence-corrected chi connectivity index (χ4v) is 2.69. The Morgan fingerprint density at radius 2 is 2.00 bits per heavy atom. The Kier molecular flexibility index (Phi) is 8.86. The second kappa shape index (κ2) is 10.2. The second-order valence-electron chi connectivity index (χ2n) is 6.36. The number of aromatic nitrogens is 5. The van der Waals surface area contributed by atoms with Gasteiger partial charge in [-0.1, -0.05) is 0 Å². The SMILES string of the molecule is CCNC(=NCCC(O)(c1nccn1C)C(F)(F)F)N(C)Cc1ncnn1C.I. The summed E-state index contributed by atoms with van der Waals surface area (Å²) in [4.78, 5) is 13.8. The summed E-state index contributed by atoms with van der Waals surface area (Å²) in [5.74, 6) is 0.607. The summed E-state index contributed by atoms with van der Waals surface area (Å²) in [6, 6.07) is 0. The topological polar surface area (TPSA) is 96.4 Å². The van der Waals surface area contributed by atoms with Crippen LogP contribution in [0.4, 0.5) is 13.2 Å². The zero-order chi connectivity index (χ0) is 20.9. The molecule has 0 saturated heterocycles. The molecule has 2 aromatic rings. The molecule has 0 aliphatic carbocycles. The molecule has 0 fully saturated rings. The van der Waals surface area contributed by atoms with Gasteiger partial charge in [0.2, 0.25) is 5.60 Å². The lowest BCUT2D eigenvalue weighted by Crippen LogP contribution is -2.45. The predicted molar refractivity (Wildman–Crippen MR) is 112 cm³/mol. The first-order valence-electron chi connectivity index (χ1n) is 8.69. The Hall–Kier alpha value is -1.90. The van der Waals surface area contributed by atoms with Crippen LogP contribution in [0.25, 0.3) is 0 Å². The number of guanidine groups is 1. The number of hydrogen-bond acceptors (Lipinski definition) is 5. The van der Waals surface area contributed by atoms with Gasteiger partial charge >= 0.3 is 6.18 Å². The van der Waals surface area contributed by atoms with Gasteiger partial charge in [-0.2, -0.15) is 18.3 Å². The Balaban J connectivity index is 0.00000420. The molecule has 0 bridgehead atoms. The van der Waals surface area contributed by atoms with Gasteiger partial charge in [-0.15, -0.1) is 24.0 Å². The van der Waals surface area contributed by atoms with E-state index >= 15 is 0 Å².